The van der Waals surface area contributed by atoms with Gasteiger partial charge in [-0.2, -0.15) is 5.10 Å². The van der Waals surface area contributed by atoms with Crippen LogP contribution in [0.4, 0.5) is 5.69 Å². The molecule has 1 atom stereocenters. The Hall–Kier alpha value is -3.51. The van der Waals surface area contributed by atoms with E-state index in [1.165, 1.54) is 16.7 Å². The molecule has 3 heterocycles. The number of fused-ring (bicyclic) bond motifs is 3. The smallest absolute Gasteiger partial charge is 0.344 e. The zero-order valence-corrected chi connectivity index (χ0v) is 20.9. The monoisotopic (exact) mass is 481 g/mol. The first-order valence-electron chi connectivity index (χ1n) is 13.0. The summed E-state index contributed by atoms with van der Waals surface area (Å²) >= 11 is 0. The molecule has 1 unspecified atom stereocenters. The van der Waals surface area contributed by atoms with Crippen molar-refractivity contribution in [2.75, 3.05) is 11.9 Å². The van der Waals surface area contributed by atoms with Crippen LogP contribution < -0.4 is 10.9 Å². The molecular weight excluding hydrogens is 450 g/mol. The highest BCUT2D eigenvalue weighted by Gasteiger charge is 2.21. The molecule has 0 saturated heterocycles. The highest BCUT2D eigenvalue weighted by Crippen LogP contribution is 2.35. The minimum Gasteiger partial charge on any atom is -0.422 e. The van der Waals surface area contributed by atoms with Crippen molar-refractivity contribution in [1.29, 1.82) is 0 Å². The average molecular weight is 482 g/mol. The van der Waals surface area contributed by atoms with Gasteiger partial charge in [-0.15, -0.1) is 5.10 Å². The molecule has 184 valence electrons. The van der Waals surface area contributed by atoms with Crippen LogP contribution in [-0.2, 0) is 19.3 Å². The number of aromatic nitrogens is 2. The summed E-state index contributed by atoms with van der Waals surface area (Å²) in [6, 6.07) is 12.2. The quantitative estimate of drug-likeness (QED) is 0.367. The minimum absolute atomic E-state index is 0.256. The predicted molar refractivity (Wildman–Crippen MR) is 142 cm³/mol. The van der Waals surface area contributed by atoms with Crippen LogP contribution in [0, 0.1) is 13.8 Å². The molecule has 6 heteroatoms. The van der Waals surface area contributed by atoms with E-state index in [9.17, 15) is 9.90 Å². The number of aryl methyl sites for hydroxylation is 3. The molecule has 0 spiro atoms. The second-order valence-electron chi connectivity index (χ2n) is 10.2. The van der Waals surface area contributed by atoms with E-state index < -0.39 is 0 Å². The van der Waals surface area contributed by atoms with Gasteiger partial charge >= 0.3 is 5.63 Å². The van der Waals surface area contributed by atoms with Gasteiger partial charge in [0.15, 0.2) is 0 Å². The van der Waals surface area contributed by atoms with E-state index in [-0.39, 0.29) is 11.7 Å². The molecule has 1 aliphatic heterocycles. The van der Waals surface area contributed by atoms with Gasteiger partial charge < -0.3 is 14.8 Å². The first-order valence-corrected chi connectivity index (χ1v) is 13.0. The molecule has 6 nitrogen and oxygen atoms in total. The van der Waals surface area contributed by atoms with Crippen LogP contribution in [0.25, 0.3) is 33.4 Å². The topological polar surface area (TPSA) is 88.2 Å². The molecular formula is C30H31N3O3. The lowest BCUT2D eigenvalue weighted by Gasteiger charge is -2.21. The summed E-state index contributed by atoms with van der Waals surface area (Å²) in [5.41, 5.74) is 10.2. The summed E-state index contributed by atoms with van der Waals surface area (Å²) in [6.07, 6.45) is 6.00. The number of nitrogens with one attached hydrogen (secondary N) is 1. The lowest BCUT2D eigenvalue weighted by atomic mass is 9.88. The zero-order chi connectivity index (χ0) is 24.8. The second-order valence-corrected chi connectivity index (χ2v) is 10.2. The summed E-state index contributed by atoms with van der Waals surface area (Å²) in [4.78, 5) is 13.2. The summed E-state index contributed by atoms with van der Waals surface area (Å²) in [5, 5.41) is 23.7. The van der Waals surface area contributed by atoms with Gasteiger partial charge in [0.05, 0.1) is 23.1 Å². The van der Waals surface area contributed by atoms with Gasteiger partial charge in [0, 0.05) is 29.2 Å². The molecule has 2 aromatic carbocycles. The molecule has 0 fully saturated rings. The number of benzene rings is 2. The fourth-order valence-electron chi connectivity index (χ4n) is 5.88. The van der Waals surface area contributed by atoms with E-state index in [0.717, 1.165) is 90.6 Å². The SMILES string of the molecule is Cc1nnc(-c2cccc(-c3c(C)c4cc5c(cc4oc3=O)NCCC5)c2)c2c1CCC(O)CCC2. The van der Waals surface area contributed by atoms with Crippen molar-refractivity contribution in [3.63, 3.8) is 0 Å². The maximum Gasteiger partial charge on any atom is 0.344 e. The Kier molecular flexibility index (Phi) is 5.84. The van der Waals surface area contributed by atoms with Crippen molar-refractivity contribution in [2.24, 2.45) is 0 Å². The Balaban J connectivity index is 1.48. The van der Waals surface area contributed by atoms with Crippen LogP contribution in [0.5, 0.6) is 0 Å². The Labute approximate surface area is 210 Å². The van der Waals surface area contributed by atoms with Crippen LogP contribution in [0.1, 0.15) is 53.6 Å². The van der Waals surface area contributed by atoms with Gasteiger partial charge in [-0.3, -0.25) is 0 Å². The minimum atomic E-state index is -0.327. The molecule has 2 aliphatic rings. The van der Waals surface area contributed by atoms with Gasteiger partial charge in [-0.05, 0) is 98.7 Å². The Bertz CT molecular complexity index is 1540. The van der Waals surface area contributed by atoms with E-state index in [1.807, 2.05) is 44.2 Å². The van der Waals surface area contributed by atoms with E-state index in [1.54, 1.807) is 0 Å². The van der Waals surface area contributed by atoms with Gasteiger partial charge in [-0.25, -0.2) is 4.79 Å². The summed E-state index contributed by atoms with van der Waals surface area (Å²) < 4.78 is 5.84. The predicted octanol–water partition coefficient (Wildman–Crippen LogP) is 5.52. The maximum atomic E-state index is 13.2. The molecule has 6 rings (SSSR count). The van der Waals surface area contributed by atoms with Crippen molar-refractivity contribution in [3.05, 3.63) is 74.8 Å². The Morgan fingerprint density at radius 3 is 2.72 bits per heavy atom. The standard InChI is InChI=1S/C30H31N3O3/c1-17-25-15-19-8-5-13-31-26(19)16-27(25)36-30(35)28(17)20-6-3-7-21(14-20)29-24-10-4-9-22(34)11-12-23(24)18(2)32-33-29/h3,6-7,14-16,22,31,34H,4-5,8-13H2,1-2H3. The third kappa shape index (κ3) is 3.99. The molecule has 1 aliphatic carbocycles. The molecule has 0 saturated carbocycles. The highest BCUT2D eigenvalue weighted by atomic mass is 16.4. The maximum absolute atomic E-state index is 13.2. The first-order chi connectivity index (χ1) is 17.5. The molecule has 0 radical (unpaired) electrons. The molecule has 2 aromatic heterocycles. The normalized spacial score (nSPS) is 17.6. The number of aliphatic hydroxyl groups excluding tert-OH is 1. The lowest BCUT2D eigenvalue weighted by molar-refractivity contribution is 0.150. The fourth-order valence-corrected chi connectivity index (χ4v) is 5.88. The zero-order valence-electron chi connectivity index (χ0n) is 20.9. The van der Waals surface area contributed by atoms with Crippen molar-refractivity contribution in [1.82, 2.24) is 10.2 Å². The van der Waals surface area contributed by atoms with Crippen molar-refractivity contribution >= 4 is 16.7 Å². The average Bonchev–Trinajstić information content (AvgIpc) is 2.86. The molecule has 2 N–H and O–H groups in total. The van der Waals surface area contributed by atoms with Crippen molar-refractivity contribution in [3.8, 4) is 22.4 Å². The number of rotatable bonds is 2. The summed E-state index contributed by atoms with van der Waals surface area (Å²) in [6.45, 7) is 4.95. The Morgan fingerprint density at radius 1 is 0.972 bits per heavy atom. The summed E-state index contributed by atoms with van der Waals surface area (Å²) in [7, 11) is 0. The Morgan fingerprint density at radius 2 is 1.83 bits per heavy atom. The van der Waals surface area contributed by atoms with Crippen LogP contribution in [0.2, 0.25) is 0 Å². The van der Waals surface area contributed by atoms with Crippen LogP contribution in [0.15, 0.2) is 45.6 Å². The van der Waals surface area contributed by atoms with Gasteiger partial charge in [-0.1, -0.05) is 18.2 Å². The van der Waals surface area contributed by atoms with E-state index >= 15 is 0 Å². The molecule has 36 heavy (non-hydrogen) atoms. The van der Waals surface area contributed by atoms with E-state index in [0.29, 0.717) is 11.1 Å². The molecule has 4 aromatic rings. The number of hydrogen-bond donors (Lipinski definition) is 2. The highest BCUT2D eigenvalue weighted by molar-refractivity contribution is 5.90. The number of aliphatic hydroxyl groups is 1. The van der Waals surface area contributed by atoms with E-state index in [2.05, 4.69) is 21.6 Å². The van der Waals surface area contributed by atoms with Crippen molar-refractivity contribution in [2.45, 2.75) is 64.9 Å². The number of anilines is 1. The third-order valence-electron chi connectivity index (χ3n) is 7.83. The van der Waals surface area contributed by atoms with Gasteiger partial charge in [0.2, 0.25) is 0 Å². The first kappa shape index (κ1) is 22.9. The van der Waals surface area contributed by atoms with Gasteiger partial charge in [0.25, 0.3) is 0 Å². The van der Waals surface area contributed by atoms with Crippen LogP contribution >= 0.6 is 0 Å². The van der Waals surface area contributed by atoms with Gasteiger partial charge in [0.1, 0.15) is 5.58 Å². The largest absolute Gasteiger partial charge is 0.422 e. The molecule has 0 bridgehead atoms. The lowest BCUT2D eigenvalue weighted by Crippen LogP contribution is -2.15. The number of nitrogens with zero attached hydrogens (tertiary/aromatic N) is 2. The third-order valence-corrected chi connectivity index (χ3v) is 7.83. The van der Waals surface area contributed by atoms with Crippen LogP contribution in [-0.4, -0.2) is 28.0 Å². The number of hydrogen-bond acceptors (Lipinski definition) is 6. The molecule has 0 amide bonds. The summed E-state index contributed by atoms with van der Waals surface area (Å²) in [5.74, 6) is 0. The van der Waals surface area contributed by atoms with Crippen molar-refractivity contribution < 1.29 is 9.52 Å². The fraction of sp³-hybridized carbons (Fsp3) is 0.367. The van der Waals surface area contributed by atoms with E-state index in [4.69, 9.17) is 4.42 Å². The second kappa shape index (κ2) is 9.17. The van der Waals surface area contributed by atoms with Crippen LogP contribution in [0.3, 0.4) is 0 Å².